The Morgan fingerprint density at radius 2 is 2.19 bits per heavy atom. The van der Waals surface area contributed by atoms with Crippen molar-refractivity contribution in [1.29, 1.82) is 0 Å². The summed E-state index contributed by atoms with van der Waals surface area (Å²) >= 11 is 0. The van der Waals surface area contributed by atoms with Crippen LogP contribution >= 0.6 is 0 Å². The van der Waals surface area contributed by atoms with Crippen molar-refractivity contribution in [3.05, 3.63) is 34.6 Å². The molecule has 0 bridgehead atoms. The Bertz CT molecular complexity index is 770. The lowest BCUT2D eigenvalue weighted by Crippen LogP contribution is -2.36. The van der Waals surface area contributed by atoms with Crippen molar-refractivity contribution in [2.45, 2.75) is 25.6 Å². The van der Waals surface area contributed by atoms with E-state index in [0.717, 1.165) is 4.68 Å². The number of esters is 1. The third kappa shape index (κ3) is 2.60. The van der Waals surface area contributed by atoms with E-state index in [0.29, 0.717) is 23.7 Å². The molecule has 3 rings (SSSR count). The van der Waals surface area contributed by atoms with Crippen LogP contribution in [0.2, 0.25) is 0 Å². The minimum atomic E-state index is -0.651. The quantitative estimate of drug-likeness (QED) is 0.769. The Kier molecular flexibility index (Phi) is 3.35. The van der Waals surface area contributed by atoms with E-state index >= 15 is 0 Å². The predicted molar refractivity (Wildman–Crippen MR) is 71.1 cm³/mol. The van der Waals surface area contributed by atoms with E-state index in [-0.39, 0.29) is 18.2 Å². The maximum absolute atomic E-state index is 12.1. The molecule has 1 aromatic carbocycles. The molecule has 1 saturated heterocycles. The monoisotopic (exact) mass is 288 g/mol. The number of hydrogen-bond donors (Lipinski definition) is 1. The molecule has 0 unspecified atom stereocenters. The van der Waals surface area contributed by atoms with E-state index in [9.17, 15) is 14.4 Å². The third-order valence-corrected chi connectivity index (χ3v) is 3.24. The van der Waals surface area contributed by atoms with Crippen LogP contribution in [0.1, 0.15) is 12.8 Å². The Labute approximate surface area is 118 Å². The number of carbonyl (C=O) groups excluding carboxylic acids is 2. The van der Waals surface area contributed by atoms with Crippen molar-refractivity contribution in [3.8, 4) is 0 Å². The molecule has 1 aliphatic heterocycles. The molecule has 0 saturated carbocycles. The number of fused-ring (bicyclic) bond motifs is 1. The highest BCUT2D eigenvalue weighted by molar-refractivity contribution is 5.87. The molecule has 8 heteroatoms. The molecule has 8 nitrogen and oxygen atoms in total. The molecular weight excluding hydrogens is 276 g/mol. The molecule has 1 N–H and O–H groups in total. The fraction of sp³-hybridized carbons (Fsp3) is 0.308. The number of ether oxygens (including phenoxy) is 1. The van der Waals surface area contributed by atoms with Crippen LogP contribution in [0.15, 0.2) is 29.1 Å². The standard InChI is InChI=1S/C13H12N4O4/c18-11-6-5-10(14-11)13(20)21-7-17-12(19)8-3-1-2-4-9(8)15-16-17/h1-4,10H,5-7H2,(H,14,18)/t10-/m1/s1. The highest BCUT2D eigenvalue weighted by atomic mass is 16.5. The zero-order valence-electron chi connectivity index (χ0n) is 11.0. The van der Waals surface area contributed by atoms with Gasteiger partial charge in [0.2, 0.25) is 5.91 Å². The van der Waals surface area contributed by atoms with Gasteiger partial charge in [0.05, 0.1) is 5.39 Å². The van der Waals surface area contributed by atoms with Crippen LogP contribution < -0.4 is 10.9 Å². The summed E-state index contributed by atoms with van der Waals surface area (Å²) in [5.74, 6) is -0.762. The van der Waals surface area contributed by atoms with Gasteiger partial charge in [-0.2, -0.15) is 4.68 Å². The smallest absolute Gasteiger partial charge is 0.330 e. The Morgan fingerprint density at radius 1 is 1.38 bits per heavy atom. The molecule has 2 heterocycles. The van der Waals surface area contributed by atoms with E-state index in [2.05, 4.69) is 15.6 Å². The van der Waals surface area contributed by atoms with Gasteiger partial charge in [-0.3, -0.25) is 9.59 Å². The maximum Gasteiger partial charge on any atom is 0.330 e. The molecular formula is C13H12N4O4. The Hall–Kier alpha value is -2.77. The van der Waals surface area contributed by atoms with Crippen molar-refractivity contribution < 1.29 is 14.3 Å². The van der Waals surface area contributed by atoms with Gasteiger partial charge in [-0.25, -0.2) is 4.79 Å². The minimum Gasteiger partial charge on any atom is -0.441 e. The van der Waals surface area contributed by atoms with Crippen molar-refractivity contribution in [2.75, 3.05) is 0 Å². The fourth-order valence-electron chi connectivity index (χ4n) is 2.12. The number of hydrogen-bond acceptors (Lipinski definition) is 6. The number of nitrogens with zero attached hydrogens (tertiary/aromatic N) is 3. The van der Waals surface area contributed by atoms with E-state index in [4.69, 9.17) is 4.74 Å². The zero-order valence-corrected chi connectivity index (χ0v) is 11.0. The van der Waals surface area contributed by atoms with Gasteiger partial charge in [0, 0.05) is 6.42 Å². The van der Waals surface area contributed by atoms with Crippen molar-refractivity contribution in [3.63, 3.8) is 0 Å². The zero-order chi connectivity index (χ0) is 14.8. The van der Waals surface area contributed by atoms with Crippen LogP contribution in [0, 0.1) is 0 Å². The third-order valence-electron chi connectivity index (χ3n) is 3.24. The maximum atomic E-state index is 12.1. The second-order valence-corrected chi connectivity index (χ2v) is 4.66. The van der Waals surface area contributed by atoms with Crippen LogP contribution in [-0.2, 0) is 21.1 Å². The first-order valence-electron chi connectivity index (χ1n) is 6.44. The van der Waals surface area contributed by atoms with E-state index in [1.807, 2.05) is 0 Å². The molecule has 1 amide bonds. The molecule has 1 atom stereocenters. The lowest BCUT2D eigenvalue weighted by atomic mass is 10.2. The lowest BCUT2D eigenvalue weighted by Gasteiger charge is -2.10. The van der Waals surface area contributed by atoms with E-state index in [1.54, 1.807) is 24.3 Å². The van der Waals surface area contributed by atoms with Gasteiger partial charge in [0.25, 0.3) is 5.56 Å². The molecule has 21 heavy (non-hydrogen) atoms. The summed E-state index contributed by atoms with van der Waals surface area (Å²) in [7, 11) is 0. The average Bonchev–Trinajstić information content (AvgIpc) is 2.93. The highest BCUT2D eigenvalue weighted by Crippen LogP contribution is 2.08. The highest BCUT2D eigenvalue weighted by Gasteiger charge is 2.28. The van der Waals surface area contributed by atoms with Crippen LogP contribution in [0.3, 0.4) is 0 Å². The van der Waals surface area contributed by atoms with E-state index in [1.165, 1.54) is 0 Å². The number of carbonyl (C=O) groups is 2. The van der Waals surface area contributed by atoms with Gasteiger partial charge >= 0.3 is 5.97 Å². The van der Waals surface area contributed by atoms with Gasteiger partial charge in [0.1, 0.15) is 11.6 Å². The first-order valence-corrected chi connectivity index (χ1v) is 6.44. The van der Waals surface area contributed by atoms with Gasteiger partial charge in [-0.15, -0.1) is 5.10 Å². The SMILES string of the molecule is O=C1CC[C@H](C(=O)OCn2nnc3ccccc3c2=O)N1. The molecule has 0 spiro atoms. The number of benzene rings is 1. The average molecular weight is 288 g/mol. The first kappa shape index (κ1) is 13.2. The van der Waals surface area contributed by atoms with Crippen LogP contribution in [0.4, 0.5) is 0 Å². The Morgan fingerprint density at radius 3 is 2.95 bits per heavy atom. The van der Waals surface area contributed by atoms with Gasteiger partial charge in [-0.1, -0.05) is 17.3 Å². The summed E-state index contributed by atoms with van der Waals surface area (Å²) in [6.07, 6.45) is 0.700. The minimum absolute atomic E-state index is 0.181. The molecule has 0 radical (unpaired) electrons. The topological polar surface area (TPSA) is 103 Å². The van der Waals surface area contributed by atoms with E-state index < -0.39 is 12.0 Å². The molecule has 108 valence electrons. The normalized spacial score (nSPS) is 17.7. The second kappa shape index (κ2) is 5.31. The number of aromatic nitrogens is 3. The van der Waals surface area contributed by atoms with Crippen LogP contribution in [0.5, 0.6) is 0 Å². The summed E-state index contributed by atoms with van der Waals surface area (Å²) in [6, 6.07) is 6.12. The number of amides is 1. The summed E-state index contributed by atoms with van der Waals surface area (Å²) < 4.78 is 5.97. The largest absolute Gasteiger partial charge is 0.441 e. The molecule has 1 aliphatic rings. The summed E-state index contributed by atoms with van der Waals surface area (Å²) in [5, 5.41) is 10.5. The van der Waals surface area contributed by atoms with Crippen LogP contribution in [-0.4, -0.2) is 32.9 Å². The van der Waals surface area contributed by atoms with Crippen LogP contribution in [0.25, 0.3) is 10.9 Å². The van der Waals surface area contributed by atoms with Gasteiger partial charge in [-0.05, 0) is 18.6 Å². The first-order chi connectivity index (χ1) is 10.1. The summed E-state index contributed by atoms with van der Waals surface area (Å²) in [4.78, 5) is 34.9. The van der Waals surface area contributed by atoms with Crippen molar-refractivity contribution >= 4 is 22.8 Å². The predicted octanol–water partition coefficient (Wildman–Crippen LogP) is -0.429. The Balaban J connectivity index is 1.73. The fourth-order valence-corrected chi connectivity index (χ4v) is 2.12. The summed E-state index contributed by atoms with van der Waals surface area (Å²) in [6.45, 7) is -0.331. The molecule has 1 fully saturated rings. The second-order valence-electron chi connectivity index (χ2n) is 4.66. The van der Waals surface area contributed by atoms with Crippen molar-refractivity contribution in [1.82, 2.24) is 20.3 Å². The molecule has 1 aromatic heterocycles. The lowest BCUT2D eigenvalue weighted by molar-refractivity contribution is -0.150. The van der Waals surface area contributed by atoms with Crippen molar-refractivity contribution in [2.24, 2.45) is 0 Å². The van der Waals surface area contributed by atoms with Gasteiger partial charge < -0.3 is 10.1 Å². The molecule has 0 aliphatic carbocycles. The number of nitrogens with one attached hydrogen (secondary N) is 1. The summed E-state index contributed by atoms with van der Waals surface area (Å²) in [5.41, 5.74) is 0.0944. The van der Waals surface area contributed by atoms with Gasteiger partial charge in [0.15, 0.2) is 6.73 Å². The molecule has 2 aromatic rings. The number of rotatable bonds is 3.